The number of carbonyl (C=O) groups excluding carboxylic acids is 1. The molecular formula is C23H28F2N2O2. The first kappa shape index (κ1) is 21.2. The molecule has 1 aliphatic rings. The molecular weight excluding hydrogens is 374 g/mol. The molecule has 1 aliphatic carbocycles. The molecule has 2 N–H and O–H groups in total. The lowest BCUT2D eigenvalue weighted by Crippen LogP contribution is -2.45. The summed E-state index contributed by atoms with van der Waals surface area (Å²) in [6, 6.07) is 16.3. The minimum absolute atomic E-state index is 0.0256. The zero-order valence-corrected chi connectivity index (χ0v) is 16.6. The van der Waals surface area contributed by atoms with Crippen LogP contribution in [-0.2, 0) is 4.79 Å². The van der Waals surface area contributed by atoms with Crippen LogP contribution in [0.4, 0.5) is 8.78 Å². The fourth-order valence-corrected chi connectivity index (χ4v) is 3.90. The summed E-state index contributed by atoms with van der Waals surface area (Å²) in [4.78, 5) is 12.5. The molecule has 0 saturated heterocycles. The van der Waals surface area contributed by atoms with Crippen molar-refractivity contribution in [2.45, 2.75) is 51.3 Å². The van der Waals surface area contributed by atoms with E-state index >= 15 is 0 Å². The molecule has 4 nitrogen and oxygen atoms in total. The van der Waals surface area contributed by atoms with Gasteiger partial charge in [0.15, 0.2) is 0 Å². The van der Waals surface area contributed by atoms with Crippen LogP contribution in [0.15, 0.2) is 54.6 Å². The quantitative estimate of drug-likeness (QED) is 0.675. The highest BCUT2D eigenvalue weighted by Crippen LogP contribution is 2.25. The average molecular weight is 402 g/mol. The van der Waals surface area contributed by atoms with E-state index in [1.54, 1.807) is 12.1 Å². The number of benzene rings is 2. The number of hydrogen-bond donors (Lipinski definition) is 2. The Morgan fingerprint density at radius 1 is 1.03 bits per heavy atom. The first-order valence-electron chi connectivity index (χ1n) is 10.2. The van der Waals surface area contributed by atoms with E-state index in [0.29, 0.717) is 5.92 Å². The predicted molar refractivity (Wildman–Crippen MR) is 109 cm³/mol. The van der Waals surface area contributed by atoms with Crippen LogP contribution in [0, 0.1) is 5.92 Å². The minimum Gasteiger partial charge on any atom is -0.435 e. The van der Waals surface area contributed by atoms with Crippen LogP contribution in [0.1, 0.15) is 49.8 Å². The van der Waals surface area contributed by atoms with E-state index in [4.69, 9.17) is 0 Å². The standard InChI is InChI=1S/C23H28F2N2O2/c1-16-7-5-6-10-20(16)27-21(28)15-26-22(17-8-3-2-4-9-17)18-11-13-19(14-12-18)29-23(24)25/h2-4,8-9,11-14,16,20,22-23,26H,5-7,10,15H2,1H3,(H,27,28)/t16-,20+,22-/m0/s1. The van der Waals surface area contributed by atoms with E-state index in [2.05, 4.69) is 22.3 Å². The maximum atomic E-state index is 12.5. The first-order chi connectivity index (χ1) is 14.0. The molecule has 6 heteroatoms. The highest BCUT2D eigenvalue weighted by Gasteiger charge is 2.23. The smallest absolute Gasteiger partial charge is 0.387 e. The molecule has 2 aromatic carbocycles. The van der Waals surface area contributed by atoms with Crippen LogP contribution >= 0.6 is 0 Å². The van der Waals surface area contributed by atoms with Gasteiger partial charge in [0.1, 0.15) is 5.75 Å². The Morgan fingerprint density at radius 3 is 2.34 bits per heavy atom. The molecule has 1 amide bonds. The van der Waals surface area contributed by atoms with Crippen molar-refractivity contribution in [1.29, 1.82) is 0 Å². The van der Waals surface area contributed by atoms with E-state index in [1.807, 2.05) is 30.3 Å². The Hall–Kier alpha value is -2.47. The van der Waals surface area contributed by atoms with E-state index in [1.165, 1.54) is 18.6 Å². The van der Waals surface area contributed by atoms with Gasteiger partial charge in [-0.25, -0.2) is 0 Å². The molecule has 1 saturated carbocycles. The third-order valence-electron chi connectivity index (χ3n) is 5.50. The number of rotatable bonds is 8. The molecule has 0 aliphatic heterocycles. The monoisotopic (exact) mass is 402 g/mol. The highest BCUT2D eigenvalue weighted by atomic mass is 19.3. The zero-order valence-electron chi connectivity index (χ0n) is 16.6. The number of alkyl halides is 2. The Morgan fingerprint density at radius 2 is 1.69 bits per heavy atom. The average Bonchev–Trinajstić information content (AvgIpc) is 2.71. The molecule has 0 unspecified atom stereocenters. The van der Waals surface area contributed by atoms with Gasteiger partial charge in [0, 0.05) is 6.04 Å². The van der Waals surface area contributed by atoms with Crippen molar-refractivity contribution in [3.05, 3.63) is 65.7 Å². The summed E-state index contributed by atoms with van der Waals surface area (Å²) >= 11 is 0. The van der Waals surface area contributed by atoms with E-state index < -0.39 is 6.61 Å². The van der Waals surface area contributed by atoms with Crippen LogP contribution in [-0.4, -0.2) is 25.1 Å². The summed E-state index contributed by atoms with van der Waals surface area (Å²) in [5.41, 5.74) is 1.87. The molecule has 156 valence electrons. The van der Waals surface area contributed by atoms with Crippen molar-refractivity contribution in [3.63, 3.8) is 0 Å². The number of nitrogens with one attached hydrogen (secondary N) is 2. The minimum atomic E-state index is -2.85. The molecule has 0 bridgehead atoms. The van der Waals surface area contributed by atoms with Gasteiger partial charge in [-0.15, -0.1) is 0 Å². The molecule has 3 atom stereocenters. The summed E-state index contributed by atoms with van der Waals surface area (Å²) < 4.78 is 29.2. The lowest BCUT2D eigenvalue weighted by Gasteiger charge is -2.30. The van der Waals surface area contributed by atoms with Crippen LogP contribution in [0.3, 0.4) is 0 Å². The molecule has 0 spiro atoms. The third kappa shape index (κ3) is 6.26. The van der Waals surface area contributed by atoms with Crippen molar-refractivity contribution < 1.29 is 18.3 Å². The van der Waals surface area contributed by atoms with Gasteiger partial charge in [-0.2, -0.15) is 8.78 Å². The SMILES string of the molecule is C[C@H]1CCCC[C@H]1NC(=O)CN[C@@H](c1ccccc1)c1ccc(OC(F)F)cc1. The van der Waals surface area contributed by atoms with Crippen molar-refractivity contribution in [3.8, 4) is 5.75 Å². The van der Waals surface area contributed by atoms with Crippen molar-refractivity contribution in [1.82, 2.24) is 10.6 Å². The Labute approximate surface area is 170 Å². The Bertz CT molecular complexity index is 768. The summed E-state index contributed by atoms with van der Waals surface area (Å²) in [7, 11) is 0. The number of ether oxygens (including phenoxy) is 1. The van der Waals surface area contributed by atoms with Crippen molar-refractivity contribution >= 4 is 5.91 Å². The van der Waals surface area contributed by atoms with E-state index in [-0.39, 0.29) is 30.3 Å². The normalized spacial score (nSPS) is 20.3. The summed E-state index contributed by atoms with van der Waals surface area (Å²) in [5, 5.41) is 6.47. The molecule has 2 aromatic rings. The van der Waals surface area contributed by atoms with Crippen LogP contribution in [0.5, 0.6) is 5.75 Å². The zero-order chi connectivity index (χ0) is 20.6. The topological polar surface area (TPSA) is 50.4 Å². The Balaban J connectivity index is 1.67. The molecule has 0 heterocycles. The highest BCUT2D eigenvalue weighted by molar-refractivity contribution is 5.78. The van der Waals surface area contributed by atoms with Gasteiger partial charge in [-0.3, -0.25) is 10.1 Å². The van der Waals surface area contributed by atoms with Gasteiger partial charge in [-0.1, -0.05) is 62.2 Å². The van der Waals surface area contributed by atoms with Gasteiger partial charge >= 0.3 is 6.61 Å². The van der Waals surface area contributed by atoms with Crippen molar-refractivity contribution in [2.24, 2.45) is 5.92 Å². The molecule has 29 heavy (non-hydrogen) atoms. The molecule has 1 fully saturated rings. The summed E-state index contributed by atoms with van der Waals surface area (Å²) in [6.45, 7) is -0.486. The maximum absolute atomic E-state index is 12.5. The van der Waals surface area contributed by atoms with Gasteiger partial charge < -0.3 is 10.1 Å². The number of halogens is 2. The second-order valence-corrected chi connectivity index (χ2v) is 7.61. The predicted octanol–water partition coefficient (Wildman–Crippen LogP) is 4.66. The summed E-state index contributed by atoms with van der Waals surface area (Å²) in [5.74, 6) is 0.585. The van der Waals surface area contributed by atoms with Crippen LogP contribution < -0.4 is 15.4 Å². The van der Waals surface area contributed by atoms with Gasteiger partial charge in [-0.05, 0) is 42.0 Å². The molecule has 0 radical (unpaired) electrons. The number of carbonyl (C=O) groups is 1. The lowest BCUT2D eigenvalue weighted by atomic mass is 9.86. The van der Waals surface area contributed by atoms with Gasteiger partial charge in [0.05, 0.1) is 12.6 Å². The van der Waals surface area contributed by atoms with Crippen molar-refractivity contribution in [2.75, 3.05) is 6.54 Å². The maximum Gasteiger partial charge on any atom is 0.387 e. The van der Waals surface area contributed by atoms with E-state index in [9.17, 15) is 13.6 Å². The van der Waals surface area contributed by atoms with Crippen LogP contribution in [0.25, 0.3) is 0 Å². The fourth-order valence-electron chi connectivity index (χ4n) is 3.90. The summed E-state index contributed by atoms with van der Waals surface area (Å²) in [6.07, 6.45) is 4.56. The third-order valence-corrected chi connectivity index (χ3v) is 5.50. The second-order valence-electron chi connectivity index (χ2n) is 7.61. The number of hydrogen-bond acceptors (Lipinski definition) is 3. The molecule has 3 rings (SSSR count). The second kappa shape index (κ2) is 10.3. The lowest BCUT2D eigenvalue weighted by molar-refractivity contribution is -0.121. The molecule has 0 aromatic heterocycles. The first-order valence-corrected chi connectivity index (χ1v) is 10.2. The van der Waals surface area contributed by atoms with Gasteiger partial charge in [0.25, 0.3) is 0 Å². The number of amides is 1. The Kier molecular flexibility index (Phi) is 7.58. The van der Waals surface area contributed by atoms with Gasteiger partial charge in [0.2, 0.25) is 5.91 Å². The van der Waals surface area contributed by atoms with Crippen LogP contribution in [0.2, 0.25) is 0 Å². The fraction of sp³-hybridized carbons (Fsp3) is 0.435. The van der Waals surface area contributed by atoms with E-state index in [0.717, 1.165) is 30.4 Å². The largest absolute Gasteiger partial charge is 0.435 e.